The van der Waals surface area contributed by atoms with Gasteiger partial charge in [-0.2, -0.15) is 0 Å². The van der Waals surface area contributed by atoms with E-state index < -0.39 is 0 Å². The Labute approximate surface area is 148 Å². The number of esters is 1. The number of hydrogen-bond donors (Lipinski definition) is 0. The summed E-state index contributed by atoms with van der Waals surface area (Å²) in [6, 6.07) is 14.7. The van der Waals surface area contributed by atoms with Gasteiger partial charge in [-0.05, 0) is 35.2 Å². The maximum Gasteiger partial charge on any atom is 0.302 e. The number of benzene rings is 2. The number of rotatable bonds is 6. The average Bonchev–Trinajstić information content (AvgIpc) is 2.58. The fourth-order valence-electron chi connectivity index (χ4n) is 2.34. The van der Waals surface area contributed by atoms with E-state index in [0.29, 0.717) is 16.9 Å². The summed E-state index contributed by atoms with van der Waals surface area (Å²) in [6.07, 6.45) is 0. The van der Waals surface area contributed by atoms with E-state index in [1.807, 2.05) is 24.3 Å². The molecule has 0 heterocycles. The van der Waals surface area contributed by atoms with Crippen LogP contribution >= 0.6 is 0 Å². The van der Waals surface area contributed by atoms with E-state index in [9.17, 15) is 9.59 Å². The Kier molecular flexibility index (Phi) is 5.97. The van der Waals surface area contributed by atoms with Crippen LogP contribution in [0.3, 0.4) is 0 Å². The van der Waals surface area contributed by atoms with E-state index in [-0.39, 0.29) is 30.4 Å². The highest BCUT2D eigenvalue weighted by Gasteiger charge is 2.15. The molecular formula is C21H24O4. The first kappa shape index (κ1) is 18.7. The fraction of sp³-hybridized carbons (Fsp3) is 0.333. The van der Waals surface area contributed by atoms with Crippen molar-refractivity contribution in [3.63, 3.8) is 0 Å². The maximum absolute atomic E-state index is 12.6. The van der Waals surface area contributed by atoms with Crippen LogP contribution in [-0.4, -0.2) is 25.0 Å². The molecule has 0 amide bonds. The zero-order valence-electron chi connectivity index (χ0n) is 15.2. The Morgan fingerprint density at radius 3 is 1.84 bits per heavy atom. The fourth-order valence-corrected chi connectivity index (χ4v) is 2.34. The summed E-state index contributed by atoms with van der Waals surface area (Å²) in [7, 11) is 0. The lowest BCUT2D eigenvalue weighted by molar-refractivity contribution is -0.141. The third-order valence-corrected chi connectivity index (χ3v) is 3.79. The van der Waals surface area contributed by atoms with E-state index in [1.165, 1.54) is 12.5 Å². The molecule has 0 spiro atoms. The van der Waals surface area contributed by atoms with Crippen LogP contribution in [0.4, 0.5) is 0 Å². The summed E-state index contributed by atoms with van der Waals surface area (Å²) >= 11 is 0. The maximum atomic E-state index is 12.6. The first-order valence-corrected chi connectivity index (χ1v) is 8.29. The van der Waals surface area contributed by atoms with Gasteiger partial charge in [0.1, 0.15) is 19.0 Å². The van der Waals surface area contributed by atoms with Gasteiger partial charge in [-0.1, -0.05) is 45.0 Å². The number of hydrogen-bond acceptors (Lipinski definition) is 4. The molecule has 4 heteroatoms. The first-order valence-electron chi connectivity index (χ1n) is 8.29. The van der Waals surface area contributed by atoms with Crippen LogP contribution in [-0.2, 0) is 14.9 Å². The lowest BCUT2D eigenvalue weighted by atomic mass is 9.86. The van der Waals surface area contributed by atoms with E-state index in [4.69, 9.17) is 9.47 Å². The molecule has 0 N–H and O–H groups in total. The monoisotopic (exact) mass is 340 g/mol. The lowest BCUT2D eigenvalue weighted by Gasteiger charge is -2.19. The molecule has 0 aliphatic carbocycles. The van der Waals surface area contributed by atoms with Gasteiger partial charge in [0, 0.05) is 18.1 Å². The predicted molar refractivity (Wildman–Crippen MR) is 97.1 cm³/mol. The highest BCUT2D eigenvalue weighted by Crippen LogP contribution is 2.23. The van der Waals surface area contributed by atoms with Crippen molar-refractivity contribution < 1.29 is 19.1 Å². The van der Waals surface area contributed by atoms with Crippen molar-refractivity contribution in [1.82, 2.24) is 0 Å². The molecule has 2 rings (SSSR count). The minimum Gasteiger partial charge on any atom is -0.490 e. The summed E-state index contributed by atoms with van der Waals surface area (Å²) in [5.41, 5.74) is 2.53. The van der Waals surface area contributed by atoms with Crippen LogP contribution in [0.25, 0.3) is 0 Å². The average molecular weight is 340 g/mol. The Morgan fingerprint density at radius 2 is 1.36 bits per heavy atom. The quantitative estimate of drug-likeness (QED) is 0.450. The largest absolute Gasteiger partial charge is 0.490 e. The number of ether oxygens (including phenoxy) is 2. The first-order chi connectivity index (χ1) is 11.8. The van der Waals surface area contributed by atoms with Gasteiger partial charge in [-0.15, -0.1) is 0 Å². The molecule has 0 aromatic heterocycles. The van der Waals surface area contributed by atoms with Gasteiger partial charge in [0.05, 0.1) is 0 Å². The van der Waals surface area contributed by atoms with Gasteiger partial charge in [0.25, 0.3) is 0 Å². The van der Waals surface area contributed by atoms with Crippen molar-refractivity contribution in [2.45, 2.75) is 33.1 Å². The smallest absolute Gasteiger partial charge is 0.302 e. The van der Waals surface area contributed by atoms with Gasteiger partial charge < -0.3 is 9.47 Å². The Balaban J connectivity index is 1.99. The standard InChI is InChI=1S/C21H24O4/c1-15(22)24-13-14-25-19-11-7-17(8-12-19)20(23)16-5-9-18(10-6-16)21(2,3)4/h5-12H,13-14H2,1-4H3. The van der Waals surface area contributed by atoms with Gasteiger partial charge in [-0.3, -0.25) is 9.59 Å². The molecule has 132 valence electrons. The Morgan fingerprint density at radius 1 is 0.840 bits per heavy atom. The van der Waals surface area contributed by atoms with Gasteiger partial charge in [-0.25, -0.2) is 0 Å². The molecule has 0 fully saturated rings. The zero-order valence-corrected chi connectivity index (χ0v) is 15.2. The summed E-state index contributed by atoms with van der Waals surface area (Å²) in [6.45, 7) is 8.27. The highest BCUT2D eigenvalue weighted by atomic mass is 16.6. The molecule has 2 aromatic carbocycles. The van der Waals surface area contributed by atoms with E-state index in [1.54, 1.807) is 24.3 Å². The van der Waals surface area contributed by atoms with Gasteiger partial charge >= 0.3 is 5.97 Å². The van der Waals surface area contributed by atoms with Crippen LogP contribution in [0.15, 0.2) is 48.5 Å². The van der Waals surface area contributed by atoms with E-state index in [0.717, 1.165) is 0 Å². The highest BCUT2D eigenvalue weighted by molar-refractivity contribution is 6.09. The van der Waals surface area contributed by atoms with Crippen LogP contribution in [0.2, 0.25) is 0 Å². The summed E-state index contributed by atoms with van der Waals surface area (Å²) < 4.78 is 10.3. The minimum atomic E-state index is -0.331. The summed E-state index contributed by atoms with van der Waals surface area (Å²) in [5, 5.41) is 0. The molecule has 0 atom stereocenters. The van der Waals surface area contributed by atoms with Gasteiger partial charge in [0.2, 0.25) is 0 Å². The molecule has 2 aromatic rings. The molecule has 0 saturated heterocycles. The molecule has 25 heavy (non-hydrogen) atoms. The van der Waals surface area contributed by atoms with Crippen LogP contribution < -0.4 is 4.74 Å². The second-order valence-electron chi connectivity index (χ2n) is 6.87. The summed E-state index contributed by atoms with van der Waals surface area (Å²) in [5.74, 6) is 0.278. The second-order valence-corrected chi connectivity index (χ2v) is 6.87. The molecule has 4 nitrogen and oxygen atoms in total. The molecule has 0 bridgehead atoms. The van der Waals surface area contributed by atoms with Crippen molar-refractivity contribution >= 4 is 11.8 Å². The summed E-state index contributed by atoms with van der Waals surface area (Å²) in [4.78, 5) is 23.2. The zero-order chi connectivity index (χ0) is 18.4. The normalized spacial score (nSPS) is 11.0. The van der Waals surface area contributed by atoms with Crippen molar-refractivity contribution in [1.29, 1.82) is 0 Å². The van der Waals surface area contributed by atoms with Crippen molar-refractivity contribution in [3.8, 4) is 5.75 Å². The SMILES string of the molecule is CC(=O)OCCOc1ccc(C(=O)c2ccc(C(C)(C)C)cc2)cc1. The molecule has 0 aliphatic heterocycles. The number of carbonyl (C=O) groups is 2. The van der Waals surface area contributed by atoms with Gasteiger partial charge in [0.15, 0.2) is 5.78 Å². The van der Waals surface area contributed by atoms with Crippen LogP contribution in [0.5, 0.6) is 5.75 Å². The topological polar surface area (TPSA) is 52.6 Å². The predicted octanol–water partition coefficient (Wildman–Crippen LogP) is 4.16. The molecule has 0 radical (unpaired) electrons. The minimum absolute atomic E-state index is 0.0214. The molecule has 0 unspecified atom stereocenters. The molecule has 0 saturated carbocycles. The van der Waals surface area contributed by atoms with Crippen molar-refractivity contribution in [2.24, 2.45) is 0 Å². The lowest BCUT2D eigenvalue weighted by Crippen LogP contribution is -2.11. The Hall–Kier alpha value is -2.62. The van der Waals surface area contributed by atoms with Crippen molar-refractivity contribution in [3.05, 3.63) is 65.2 Å². The van der Waals surface area contributed by atoms with Crippen molar-refractivity contribution in [2.75, 3.05) is 13.2 Å². The van der Waals surface area contributed by atoms with E-state index in [2.05, 4.69) is 20.8 Å². The third kappa shape index (κ3) is 5.45. The third-order valence-electron chi connectivity index (χ3n) is 3.79. The molecule has 0 aliphatic rings. The Bertz CT molecular complexity index is 722. The second kappa shape index (κ2) is 7.97. The molecular weight excluding hydrogens is 316 g/mol. The van der Waals surface area contributed by atoms with Crippen LogP contribution in [0, 0.1) is 0 Å². The number of carbonyl (C=O) groups excluding carboxylic acids is 2. The van der Waals surface area contributed by atoms with Crippen LogP contribution in [0.1, 0.15) is 49.2 Å². The number of ketones is 1. The van der Waals surface area contributed by atoms with E-state index >= 15 is 0 Å².